The summed E-state index contributed by atoms with van der Waals surface area (Å²) in [6.07, 6.45) is 3.37. The average molecular weight is 384 g/mol. The molecular formula is C21H41N3O3. The molecule has 6 heteroatoms. The molecule has 0 aromatic carbocycles. The second-order valence-electron chi connectivity index (χ2n) is 8.30. The van der Waals surface area contributed by atoms with Crippen LogP contribution in [0, 0.1) is 5.92 Å². The van der Waals surface area contributed by atoms with Crippen LogP contribution in [-0.4, -0.2) is 48.2 Å². The third-order valence-corrected chi connectivity index (χ3v) is 4.37. The van der Waals surface area contributed by atoms with Crippen LogP contribution < -0.4 is 16.0 Å². The number of ketones is 2. The lowest BCUT2D eigenvalue weighted by Crippen LogP contribution is -2.43. The van der Waals surface area contributed by atoms with Crippen LogP contribution in [0.25, 0.3) is 0 Å². The largest absolute Gasteiger partial charge is 0.356 e. The highest BCUT2D eigenvalue weighted by atomic mass is 16.2. The zero-order chi connectivity index (χ0) is 21.0. The number of nitrogens with one attached hydrogen (secondary N) is 3. The van der Waals surface area contributed by atoms with Gasteiger partial charge >= 0.3 is 0 Å². The Balaban J connectivity index is 4.14. The molecule has 0 saturated carbocycles. The van der Waals surface area contributed by atoms with Crippen molar-refractivity contribution in [3.05, 3.63) is 0 Å². The molecule has 158 valence electrons. The van der Waals surface area contributed by atoms with E-state index in [4.69, 9.17) is 0 Å². The van der Waals surface area contributed by atoms with Crippen LogP contribution in [0.2, 0.25) is 0 Å². The van der Waals surface area contributed by atoms with Gasteiger partial charge in [-0.05, 0) is 32.6 Å². The molecule has 6 nitrogen and oxygen atoms in total. The molecule has 0 aromatic rings. The number of Topliss-reactive ketones (excluding diaryl/α,β-unsaturated/α-hetero) is 2. The third kappa shape index (κ3) is 12.7. The molecule has 3 N–H and O–H groups in total. The Bertz CT molecular complexity index is 462. The number of hydrogen-bond acceptors (Lipinski definition) is 5. The highest BCUT2D eigenvalue weighted by molar-refractivity contribution is 5.86. The average Bonchev–Trinajstić information content (AvgIpc) is 2.55. The van der Waals surface area contributed by atoms with Crippen LogP contribution in [0.5, 0.6) is 0 Å². The van der Waals surface area contributed by atoms with Gasteiger partial charge < -0.3 is 16.0 Å². The van der Waals surface area contributed by atoms with E-state index in [0.717, 1.165) is 19.3 Å². The Morgan fingerprint density at radius 1 is 0.778 bits per heavy atom. The van der Waals surface area contributed by atoms with E-state index in [9.17, 15) is 14.4 Å². The normalized spacial score (nSPS) is 13.9. The molecule has 2 atom stereocenters. The van der Waals surface area contributed by atoms with Crippen LogP contribution in [0.4, 0.5) is 0 Å². The van der Waals surface area contributed by atoms with E-state index in [2.05, 4.69) is 16.0 Å². The number of amides is 1. The van der Waals surface area contributed by atoms with Crippen LogP contribution in [0.15, 0.2) is 0 Å². The summed E-state index contributed by atoms with van der Waals surface area (Å²) >= 11 is 0. The van der Waals surface area contributed by atoms with E-state index in [1.807, 2.05) is 41.5 Å². The summed E-state index contributed by atoms with van der Waals surface area (Å²) in [5, 5.41) is 9.45. The molecule has 0 aliphatic rings. The lowest BCUT2D eigenvalue weighted by atomic mass is 9.97. The molecule has 0 fully saturated rings. The zero-order valence-corrected chi connectivity index (χ0v) is 18.4. The Morgan fingerprint density at radius 2 is 1.33 bits per heavy atom. The fourth-order valence-corrected chi connectivity index (χ4v) is 2.98. The standard InChI is InChI=1S/C21H41N3O3/c1-14(2)21(27)19(24-16(5)6)11-12-20(26)22-13-9-8-10-18(17(7)25)23-15(3)4/h14-16,18-19,23-24H,8-13H2,1-7H3,(H,22,26). The smallest absolute Gasteiger partial charge is 0.220 e. The number of carbonyl (C=O) groups excluding carboxylic acids is 3. The van der Waals surface area contributed by atoms with E-state index >= 15 is 0 Å². The fourth-order valence-electron chi connectivity index (χ4n) is 2.98. The SMILES string of the molecule is CC(=O)C(CCCCNC(=O)CCC(NC(C)C)C(=O)C(C)C)NC(C)C. The van der Waals surface area contributed by atoms with Gasteiger partial charge in [-0.25, -0.2) is 0 Å². The van der Waals surface area contributed by atoms with Gasteiger partial charge in [0.25, 0.3) is 0 Å². The van der Waals surface area contributed by atoms with Gasteiger partial charge in [0.05, 0.1) is 12.1 Å². The van der Waals surface area contributed by atoms with Crippen molar-refractivity contribution in [3.63, 3.8) is 0 Å². The van der Waals surface area contributed by atoms with Gasteiger partial charge in [-0.1, -0.05) is 41.5 Å². The van der Waals surface area contributed by atoms with Gasteiger partial charge in [-0.2, -0.15) is 0 Å². The van der Waals surface area contributed by atoms with Crippen molar-refractivity contribution in [3.8, 4) is 0 Å². The summed E-state index contributed by atoms with van der Waals surface area (Å²) in [5.41, 5.74) is 0. The molecule has 1 amide bonds. The van der Waals surface area contributed by atoms with E-state index in [0.29, 0.717) is 19.4 Å². The van der Waals surface area contributed by atoms with Gasteiger partial charge in [-0.15, -0.1) is 0 Å². The Labute approximate surface area is 165 Å². The van der Waals surface area contributed by atoms with Crippen LogP contribution in [0.1, 0.15) is 80.6 Å². The van der Waals surface area contributed by atoms with Crippen LogP contribution in [0.3, 0.4) is 0 Å². The molecule has 0 aliphatic carbocycles. The number of hydrogen-bond donors (Lipinski definition) is 3. The lowest BCUT2D eigenvalue weighted by Gasteiger charge is -2.21. The van der Waals surface area contributed by atoms with Crippen molar-refractivity contribution in [2.24, 2.45) is 5.92 Å². The maximum Gasteiger partial charge on any atom is 0.220 e. The maximum absolute atomic E-state index is 12.3. The van der Waals surface area contributed by atoms with Crippen molar-refractivity contribution in [2.45, 2.75) is 105 Å². The summed E-state index contributed by atoms with van der Waals surface area (Å²) in [4.78, 5) is 35.9. The quantitative estimate of drug-likeness (QED) is 0.378. The topological polar surface area (TPSA) is 87.3 Å². The predicted octanol–water partition coefficient (Wildman–Crippen LogP) is 2.60. The monoisotopic (exact) mass is 383 g/mol. The second kappa shape index (κ2) is 13.8. The molecule has 0 rings (SSSR count). The molecular weight excluding hydrogens is 342 g/mol. The highest BCUT2D eigenvalue weighted by Gasteiger charge is 2.22. The molecule has 0 spiro atoms. The first-order chi connectivity index (χ1) is 12.5. The van der Waals surface area contributed by atoms with Crippen molar-refractivity contribution >= 4 is 17.5 Å². The minimum Gasteiger partial charge on any atom is -0.356 e. The highest BCUT2D eigenvalue weighted by Crippen LogP contribution is 2.08. The third-order valence-electron chi connectivity index (χ3n) is 4.37. The second-order valence-corrected chi connectivity index (χ2v) is 8.30. The van der Waals surface area contributed by atoms with Gasteiger partial charge in [0, 0.05) is 31.0 Å². The maximum atomic E-state index is 12.3. The van der Waals surface area contributed by atoms with Gasteiger partial charge in [0.2, 0.25) is 5.91 Å². The van der Waals surface area contributed by atoms with Gasteiger partial charge in [0.15, 0.2) is 5.78 Å². The van der Waals surface area contributed by atoms with Crippen molar-refractivity contribution in [2.75, 3.05) is 6.54 Å². The number of rotatable bonds is 15. The molecule has 27 heavy (non-hydrogen) atoms. The van der Waals surface area contributed by atoms with Crippen LogP contribution in [-0.2, 0) is 14.4 Å². The van der Waals surface area contributed by atoms with E-state index in [1.54, 1.807) is 6.92 Å². The Kier molecular flexibility index (Phi) is 13.2. The molecule has 0 aliphatic heterocycles. The lowest BCUT2D eigenvalue weighted by molar-refractivity contribution is -0.125. The predicted molar refractivity (Wildman–Crippen MR) is 111 cm³/mol. The minimum absolute atomic E-state index is 0.0227. The summed E-state index contributed by atoms with van der Waals surface area (Å²) < 4.78 is 0. The first-order valence-corrected chi connectivity index (χ1v) is 10.4. The van der Waals surface area contributed by atoms with E-state index < -0.39 is 0 Å². The fraction of sp³-hybridized carbons (Fsp3) is 0.857. The molecule has 0 heterocycles. The molecule has 0 aromatic heterocycles. The van der Waals surface area contributed by atoms with Gasteiger partial charge in [-0.3, -0.25) is 14.4 Å². The summed E-state index contributed by atoms with van der Waals surface area (Å²) in [6, 6.07) is 0.105. The van der Waals surface area contributed by atoms with Crippen molar-refractivity contribution in [1.29, 1.82) is 0 Å². The summed E-state index contributed by atoms with van der Waals surface area (Å²) in [5.74, 6) is 0.249. The first-order valence-electron chi connectivity index (χ1n) is 10.4. The van der Waals surface area contributed by atoms with Crippen molar-refractivity contribution < 1.29 is 14.4 Å². The Morgan fingerprint density at radius 3 is 1.81 bits per heavy atom. The molecule has 2 unspecified atom stereocenters. The summed E-state index contributed by atoms with van der Waals surface area (Å²) in [6.45, 7) is 14.1. The van der Waals surface area contributed by atoms with Gasteiger partial charge in [0.1, 0.15) is 5.78 Å². The number of carbonyl (C=O) groups is 3. The first kappa shape index (κ1) is 25.7. The zero-order valence-electron chi connectivity index (χ0n) is 18.4. The van der Waals surface area contributed by atoms with E-state index in [-0.39, 0.29) is 47.6 Å². The van der Waals surface area contributed by atoms with E-state index in [1.165, 1.54) is 0 Å². The Hall–Kier alpha value is -1.27. The van der Waals surface area contributed by atoms with Crippen LogP contribution >= 0.6 is 0 Å². The van der Waals surface area contributed by atoms with Crippen molar-refractivity contribution in [1.82, 2.24) is 16.0 Å². The molecule has 0 radical (unpaired) electrons. The number of unbranched alkanes of at least 4 members (excludes halogenated alkanes) is 1. The molecule has 0 saturated heterocycles. The molecule has 0 bridgehead atoms. The summed E-state index contributed by atoms with van der Waals surface area (Å²) in [7, 11) is 0. The minimum atomic E-state index is -0.269.